The van der Waals surface area contributed by atoms with E-state index in [9.17, 15) is 14.7 Å². The van der Waals surface area contributed by atoms with E-state index in [-0.39, 0.29) is 19.0 Å². The number of aldehydes is 1. The topological polar surface area (TPSA) is 122 Å². The Morgan fingerprint density at radius 1 is 1.35 bits per heavy atom. The third-order valence-corrected chi connectivity index (χ3v) is 2.15. The maximum atomic E-state index is 11.3. The highest BCUT2D eigenvalue weighted by Crippen LogP contribution is 2.07. The van der Waals surface area contributed by atoms with E-state index in [1.807, 2.05) is 0 Å². The summed E-state index contributed by atoms with van der Waals surface area (Å²) in [5.41, 5.74) is 5.06. The van der Waals surface area contributed by atoms with Crippen molar-refractivity contribution in [2.24, 2.45) is 5.73 Å². The molecule has 0 radical (unpaired) electrons. The fraction of sp³-hybridized carbons (Fsp3) is 0.846. The molecule has 7 heteroatoms. The van der Waals surface area contributed by atoms with Gasteiger partial charge in [-0.25, -0.2) is 4.79 Å². The third kappa shape index (κ3) is 14.9. The highest BCUT2D eigenvalue weighted by molar-refractivity contribution is 5.67. The number of alkyl carbamates (subject to hydrolysis) is 1. The first kappa shape index (κ1) is 21.1. The summed E-state index contributed by atoms with van der Waals surface area (Å²) in [6.45, 7) is 5.41. The molecule has 2 unspecified atom stereocenters. The Bertz CT molecular complexity index is 266. The Balaban J connectivity index is 0. The quantitative estimate of drug-likeness (QED) is 0.496. The van der Waals surface area contributed by atoms with Crippen LogP contribution in [0.5, 0.6) is 0 Å². The van der Waals surface area contributed by atoms with Crippen LogP contribution < -0.4 is 11.1 Å². The zero-order chi connectivity index (χ0) is 16.2. The second kappa shape index (κ2) is 11.6. The summed E-state index contributed by atoms with van der Waals surface area (Å²) in [4.78, 5) is 21.5. The molecule has 7 nitrogen and oxygen atoms in total. The summed E-state index contributed by atoms with van der Waals surface area (Å²) in [5.74, 6) is 0. The molecule has 0 spiro atoms. The van der Waals surface area contributed by atoms with Crippen molar-refractivity contribution in [2.75, 3.05) is 13.7 Å². The van der Waals surface area contributed by atoms with Crippen molar-refractivity contribution in [3.63, 3.8) is 0 Å². The highest BCUT2D eigenvalue weighted by Gasteiger charge is 2.17. The predicted molar refractivity (Wildman–Crippen MR) is 76.3 cm³/mol. The molecule has 1 amide bonds. The lowest BCUT2D eigenvalue weighted by Crippen LogP contribution is -2.37. The number of carbonyl (C=O) groups excluding carboxylic acids is 2. The number of carbonyl (C=O) groups is 2. The molecular weight excluding hydrogens is 264 g/mol. The van der Waals surface area contributed by atoms with E-state index in [0.717, 1.165) is 13.4 Å². The van der Waals surface area contributed by atoms with Gasteiger partial charge in [-0.2, -0.15) is 0 Å². The molecule has 0 aliphatic rings. The van der Waals surface area contributed by atoms with E-state index in [0.29, 0.717) is 12.8 Å². The first-order chi connectivity index (χ1) is 9.24. The van der Waals surface area contributed by atoms with Crippen molar-refractivity contribution in [3.05, 3.63) is 0 Å². The van der Waals surface area contributed by atoms with Gasteiger partial charge in [-0.15, -0.1) is 0 Å². The van der Waals surface area contributed by atoms with Crippen LogP contribution in [0.4, 0.5) is 4.79 Å². The number of hydrogen-bond donors (Lipinski definition) is 4. The number of rotatable bonds is 7. The van der Waals surface area contributed by atoms with Crippen LogP contribution in [-0.4, -0.2) is 54.0 Å². The average Bonchev–Trinajstić information content (AvgIpc) is 2.34. The molecule has 0 saturated carbocycles. The number of ether oxygens (including phenoxy) is 1. The van der Waals surface area contributed by atoms with Gasteiger partial charge >= 0.3 is 6.09 Å². The molecule has 0 bridgehead atoms. The summed E-state index contributed by atoms with van der Waals surface area (Å²) in [7, 11) is 1.00. The lowest BCUT2D eigenvalue weighted by molar-refractivity contribution is -0.108. The molecule has 0 aliphatic heterocycles. The van der Waals surface area contributed by atoms with Gasteiger partial charge in [0.25, 0.3) is 0 Å². The van der Waals surface area contributed by atoms with Crippen LogP contribution in [0.25, 0.3) is 0 Å². The molecule has 5 N–H and O–H groups in total. The Morgan fingerprint density at radius 3 is 2.35 bits per heavy atom. The molecular formula is C13H28N2O5. The van der Waals surface area contributed by atoms with Gasteiger partial charge in [0.1, 0.15) is 11.9 Å². The average molecular weight is 292 g/mol. The fourth-order valence-corrected chi connectivity index (χ4v) is 1.27. The second-order valence-corrected chi connectivity index (χ2v) is 5.28. The molecule has 0 aromatic carbocycles. The maximum absolute atomic E-state index is 11.3. The van der Waals surface area contributed by atoms with Crippen LogP contribution in [0.15, 0.2) is 0 Å². The van der Waals surface area contributed by atoms with Gasteiger partial charge < -0.3 is 30.8 Å². The summed E-state index contributed by atoms with van der Waals surface area (Å²) in [6.07, 6.45) is 0.775. The first-order valence-electron chi connectivity index (χ1n) is 6.53. The minimum Gasteiger partial charge on any atom is -0.444 e. The number of aliphatic hydroxyl groups is 2. The van der Waals surface area contributed by atoms with Crippen LogP contribution in [0.2, 0.25) is 0 Å². The minimum absolute atomic E-state index is 0.114. The predicted octanol–water partition coefficient (Wildman–Crippen LogP) is 0.177. The van der Waals surface area contributed by atoms with Gasteiger partial charge in [-0.05, 0) is 33.6 Å². The minimum atomic E-state index is -0.685. The standard InChI is InChI=1S/C12H24N2O4.CH4O/c1-12(2,3)18-11(17)14-8-10(16)5-4-9(13)6-7-15;1-2/h7,9-10,16H,4-6,8,13H2,1-3H3,(H,14,17);2H,1H3. The highest BCUT2D eigenvalue weighted by atomic mass is 16.6. The van der Waals surface area contributed by atoms with Crippen LogP contribution in [-0.2, 0) is 9.53 Å². The van der Waals surface area contributed by atoms with Crippen LogP contribution >= 0.6 is 0 Å². The largest absolute Gasteiger partial charge is 0.444 e. The van der Waals surface area contributed by atoms with Crippen LogP contribution in [0.3, 0.4) is 0 Å². The summed E-state index contributed by atoms with van der Waals surface area (Å²) in [6, 6.07) is -0.237. The SMILES string of the molecule is CC(C)(C)OC(=O)NCC(O)CCC(N)CC=O.CO. The van der Waals surface area contributed by atoms with E-state index in [4.69, 9.17) is 15.6 Å². The van der Waals surface area contributed by atoms with Crippen molar-refractivity contribution in [1.29, 1.82) is 0 Å². The number of aliphatic hydroxyl groups excluding tert-OH is 2. The summed E-state index contributed by atoms with van der Waals surface area (Å²) in [5, 5.41) is 19.1. The lowest BCUT2D eigenvalue weighted by Gasteiger charge is -2.20. The van der Waals surface area contributed by atoms with E-state index < -0.39 is 17.8 Å². The van der Waals surface area contributed by atoms with Gasteiger partial charge in [0.2, 0.25) is 0 Å². The van der Waals surface area contributed by atoms with Crippen molar-refractivity contribution >= 4 is 12.4 Å². The lowest BCUT2D eigenvalue weighted by atomic mass is 10.1. The third-order valence-electron chi connectivity index (χ3n) is 2.15. The van der Waals surface area contributed by atoms with E-state index in [1.54, 1.807) is 20.8 Å². The van der Waals surface area contributed by atoms with Crippen molar-refractivity contribution in [2.45, 2.75) is 57.8 Å². The number of nitrogens with two attached hydrogens (primary N) is 1. The molecule has 0 aromatic heterocycles. The molecule has 0 saturated heterocycles. The van der Waals surface area contributed by atoms with E-state index in [1.165, 1.54) is 0 Å². The zero-order valence-electron chi connectivity index (χ0n) is 12.8. The first-order valence-corrected chi connectivity index (χ1v) is 6.53. The van der Waals surface area contributed by atoms with E-state index in [2.05, 4.69) is 5.32 Å². The molecule has 2 atom stereocenters. The molecule has 0 aliphatic carbocycles. The van der Waals surface area contributed by atoms with Crippen LogP contribution in [0, 0.1) is 0 Å². The van der Waals surface area contributed by atoms with Gasteiger partial charge in [0.15, 0.2) is 0 Å². The number of hydrogen-bond acceptors (Lipinski definition) is 6. The number of nitrogens with one attached hydrogen (secondary N) is 1. The smallest absolute Gasteiger partial charge is 0.407 e. The summed E-state index contributed by atoms with van der Waals surface area (Å²) < 4.78 is 5.02. The van der Waals surface area contributed by atoms with Crippen LogP contribution in [0.1, 0.15) is 40.0 Å². The van der Waals surface area contributed by atoms with Crippen molar-refractivity contribution in [3.8, 4) is 0 Å². The van der Waals surface area contributed by atoms with Gasteiger partial charge in [0, 0.05) is 26.1 Å². The second-order valence-electron chi connectivity index (χ2n) is 5.28. The van der Waals surface area contributed by atoms with Gasteiger partial charge in [-0.3, -0.25) is 0 Å². The monoisotopic (exact) mass is 292 g/mol. The Morgan fingerprint density at radius 2 is 1.90 bits per heavy atom. The Hall–Kier alpha value is -1.18. The van der Waals surface area contributed by atoms with E-state index >= 15 is 0 Å². The molecule has 0 rings (SSSR count). The normalized spacial score (nSPS) is 13.6. The Kier molecular flexibility index (Phi) is 12.3. The summed E-state index contributed by atoms with van der Waals surface area (Å²) >= 11 is 0. The van der Waals surface area contributed by atoms with Crippen molar-refractivity contribution in [1.82, 2.24) is 5.32 Å². The molecule has 0 aromatic rings. The zero-order valence-corrected chi connectivity index (χ0v) is 12.8. The molecule has 0 heterocycles. The maximum Gasteiger partial charge on any atom is 0.407 e. The molecule has 120 valence electrons. The fourth-order valence-electron chi connectivity index (χ4n) is 1.27. The number of amides is 1. The van der Waals surface area contributed by atoms with Gasteiger partial charge in [0.05, 0.1) is 6.10 Å². The molecule has 20 heavy (non-hydrogen) atoms. The molecule has 0 fully saturated rings. The van der Waals surface area contributed by atoms with Gasteiger partial charge in [-0.1, -0.05) is 0 Å². The van der Waals surface area contributed by atoms with Crippen molar-refractivity contribution < 1.29 is 24.5 Å². The Labute approximate surface area is 120 Å².